The van der Waals surface area contributed by atoms with Gasteiger partial charge in [-0.2, -0.15) is 13.2 Å². The molecule has 0 bridgehead atoms. The zero-order valence-corrected chi connectivity index (χ0v) is 25.9. The number of amides is 1. The topological polar surface area (TPSA) is 91.7 Å². The number of hydrogen-bond donors (Lipinski definition) is 0. The molecule has 3 aliphatic heterocycles. The van der Waals surface area contributed by atoms with Crippen molar-refractivity contribution in [2.75, 3.05) is 64.0 Å². The molecular formula is C33H36F3N3O7. The quantitative estimate of drug-likeness (QED) is 0.311. The monoisotopic (exact) mass is 643 g/mol. The molecule has 46 heavy (non-hydrogen) atoms. The number of fused-ring (bicyclic) bond motifs is 1. The number of nitrogens with zero attached hydrogens (tertiary/aromatic N) is 3. The van der Waals surface area contributed by atoms with Crippen molar-refractivity contribution >= 4 is 17.5 Å². The largest absolute Gasteiger partial charge is 0.497 e. The van der Waals surface area contributed by atoms with Crippen LogP contribution >= 0.6 is 0 Å². The summed E-state index contributed by atoms with van der Waals surface area (Å²) in [7, 11) is 4.16. The second-order valence-electron chi connectivity index (χ2n) is 11.6. The molecule has 3 aliphatic rings. The maximum atomic E-state index is 14.5. The van der Waals surface area contributed by atoms with Crippen molar-refractivity contribution in [3.63, 3.8) is 0 Å². The van der Waals surface area contributed by atoms with Gasteiger partial charge in [-0.3, -0.25) is 14.3 Å². The zero-order chi connectivity index (χ0) is 32.6. The molecule has 1 aromatic heterocycles. The molecule has 1 atom stereocenters. The number of carbonyl (C=O) groups excluding carboxylic acids is 1. The number of pyridine rings is 1. The number of halogens is 3. The number of anilines is 2. The maximum absolute atomic E-state index is 14.5. The van der Waals surface area contributed by atoms with Crippen LogP contribution in [0.4, 0.5) is 29.3 Å². The second-order valence-corrected chi connectivity index (χ2v) is 11.6. The van der Waals surface area contributed by atoms with Gasteiger partial charge in [0.05, 0.1) is 39.2 Å². The molecule has 0 N–H and O–H groups in total. The third kappa shape index (κ3) is 6.13. The Morgan fingerprint density at radius 3 is 2.39 bits per heavy atom. The first-order chi connectivity index (χ1) is 22.1. The highest BCUT2D eigenvalue weighted by atomic mass is 19.4. The van der Waals surface area contributed by atoms with E-state index in [1.807, 2.05) is 4.90 Å². The van der Waals surface area contributed by atoms with Crippen LogP contribution in [0.3, 0.4) is 0 Å². The standard InChI is InChI=1S/C33H36F3N3O7/c1-42-23-12-21(13-24(15-23)43-2)26-18-39(31(40)30-25(26)9-10-38(30)32(41)44-3)28-14-22(7-8-27(28)33(34,35)36)37-16-20(17-37)19-46-29-6-4-5-11-45-29/h7-8,12-15,18,20,29H,4-6,9-11,16-17,19H2,1-3H3. The lowest BCUT2D eigenvalue weighted by Crippen LogP contribution is -2.49. The average molecular weight is 644 g/mol. The Kier molecular flexibility index (Phi) is 8.88. The summed E-state index contributed by atoms with van der Waals surface area (Å²) in [6, 6.07) is 8.87. The fourth-order valence-electron chi connectivity index (χ4n) is 6.31. The van der Waals surface area contributed by atoms with Gasteiger partial charge >= 0.3 is 12.3 Å². The van der Waals surface area contributed by atoms with Gasteiger partial charge < -0.3 is 28.6 Å². The Morgan fingerprint density at radius 1 is 1.02 bits per heavy atom. The number of aromatic nitrogens is 1. The van der Waals surface area contributed by atoms with Gasteiger partial charge in [-0.25, -0.2) is 4.79 Å². The van der Waals surface area contributed by atoms with Crippen LogP contribution in [0.15, 0.2) is 47.4 Å². The van der Waals surface area contributed by atoms with Gasteiger partial charge in [-0.1, -0.05) is 0 Å². The van der Waals surface area contributed by atoms with Gasteiger partial charge in [0.25, 0.3) is 5.56 Å². The van der Waals surface area contributed by atoms with E-state index < -0.39 is 23.4 Å². The number of rotatable bonds is 8. The molecule has 0 radical (unpaired) electrons. The highest BCUT2D eigenvalue weighted by molar-refractivity contribution is 5.92. The Morgan fingerprint density at radius 2 is 1.76 bits per heavy atom. The Hall–Kier alpha value is -4.23. The predicted molar refractivity (Wildman–Crippen MR) is 164 cm³/mol. The summed E-state index contributed by atoms with van der Waals surface area (Å²) in [5.41, 5.74) is -0.0645. The molecule has 13 heteroatoms. The van der Waals surface area contributed by atoms with Crippen LogP contribution in [0.1, 0.15) is 30.4 Å². The van der Waals surface area contributed by atoms with Gasteiger partial charge in [-0.05, 0) is 67.1 Å². The van der Waals surface area contributed by atoms with Gasteiger partial charge in [0.1, 0.15) is 17.2 Å². The summed E-state index contributed by atoms with van der Waals surface area (Å²) in [5, 5.41) is 0. The number of ether oxygens (including phenoxy) is 5. The third-order valence-electron chi connectivity index (χ3n) is 8.73. The molecule has 1 unspecified atom stereocenters. The summed E-state index contributed by atoms with van der Waals surface area (Å²) in [4.78, 5) is 30.0. The highest BCUT2D eigenvalue weighted by Gasteiger charge is 2.38. The summed E-state index contributed by atoms with van der Waals surface area (Å²) < 4.78 is 71.9. The highest BCUT2D eigenvalue weighted by Crippen LogP contribution is 2.41. The Labute approximate surface area is 264 Å². The van der Waals surface area contributed by atoms with E-state index in [4.69, 9.17) is 23.7 Å². The fourth-order valence-corrected chi connectivity index (χ4v) is 6.31. The number of carbonyl (C=O) groups is 1. The van der Waals surface area contributed by atoms with Crippen molar-refractivity contribution in [1.29, 1.82) is 0 Å². The Balaban J connectivity index is 1.42. The summed E-state index contributed by atoms with van der Waals surface area (Å²) >= 11 is 0. The van der Waals surface area contributed by atoms with Crippen LogP contribution in [0.2, 0.25) is 0 Å². The van der Waals surface area contributed by atoms with Crippen molar-refractivity contribution in [2.24, 2.45) is 5.92 Å². The zero-order valence-electron chi connectivity index (χ0n) is 25.9. The minimum absolute atomic E-state index is 0.0317. The minimum atomic E-state index is -4.76. The van der Waals surface area contributed by atoms with Gasteiger partial charge in [-0.15, -0.1) is 0 Å². The molecule has 4 heterocycles. The normalized spacial score (nSPS) is 18.3. The van der Waals surface area contributed by atoms with Crippen LogP contribution in [-0.2, 0) is 26.8 Å². The van der Waals surface area contributed by atoms with Crippen LogP contribution in [0.25, 0.3) is 16.8 Å². The minimum Gasteiger partial charge on any atom is -0.497 e. The van der Waals surface area contributed by atoms with Crippen molar-refractivity contribution in [3.05, 3.63) is 64.1 Å². The van der Waals surface area contributed by atoms with Crippen molar-refractivity contribution < 1.29 is 41.7 Å². The molecule has 6 rings (SSSR count). The summed E-state index contributed by atoms with van der Waals surface area (Å²) in [6.45, 7) is 2.48. The molecule has 0 saturated carbocycles. The van der Waals surface area contributed by atoms with E-state index in [2.05, 4.69) is 0 Å². The van der Waals surface area contributed by atoms with Crippen molar-refractivity contribution in [2.45, 2.75) is 38.1 Å². The first kappa shape index (κ1) is 31.7. The van der Waals surface area contributed by atoms with E-state index >= 15 is 0 Å². The van der Waals surface area contributed by atoms with Crippen LogP contribution < -0.4 is 24.8 Å². The lowest BCUT2D eigenvalue weighted by Gasteiger charge is -2.41. The van der Waals surface area contributed by atoms with E-state index in [0.29, 0.717) is 66.6 Å². The molecule has 2 aromatic carbocycles. The van der Waals surface area contributed by atoms with E-state index in [0.717, 1.165) is 29.9 Å². The molecular weight excluding hydrogens is 607 g/mol. The fraction of sp³-hybridized carbons (Fsp3) is 0.455. The van der Waals surface area contributed by atoms with Crippen LogP contribution in [0.5, 0.6) is 11.5 Å². The number of alkyl halides is 3. The van der Waals surface area contributed by atoms with Crippen molar-refractivity contribution in [3.8, 4) is 28.3 Å². The molecule has 0 spiro atoms. The SMILES string of the molecule is COC(=O)N1CCc2c(-c3cc(OC)cc(OC)c3)cn(-c3cc(N4CC(COC5CCCCO5)C4)ccc3C(F)(F)F)c(=O)c21. The maximum Gasteiger partial charge on any atom is 0.418 e. The van der Waals surface area contributed by atoms with Crippen LogP contribution in [-0.4, -0.2) is 71.1 Å². The molecule has 10 nitrogen and oxygen atoms in total. The molecule has 3 aromatic rings. The van der Waals surface area contributed by atoms with Crippen molar-refractivity contribution in [1.82, 2.24) is 4.57 Å². The molecule has 246 valence electrons. The molecule has 1 amide bonds. The first-order valence-corrected chi connectivity index (χ1v) is 15.2. The van der Waals surface area contributed by atoms with Gasteiger partial charge in [0.2, 0.25) is 0 Å². The number of benzene rings is 2. The molecule has 2 fully saturated rings. The van der Waals surface area contributed by atoms with E-state index in [9.17, 15) is 22.8 Å². The lowest BCUT2D eigenvalue weighted by atomic mass is 9.98. The van der Waals surface area contributed by atoms with E-state index in [1.165, 1.54) is 44.6 Å². The smallest absolute Gasteiger partial charge is 0.418 e. The molecule has 0 aliphatic carbocycles. The first-order valence-electron chi connectivity index (χ1n) is 15.2. The lowest BCUT2D eigenvalue weighted by molar-refractivity contribution is -0.170. The second kappa shape index (κ2) is 12.9. The summed E-state index contributed by atoms with van der Waals surface area (Å²) in [6.07, 6.45) is -1.12. The van der Waals surface area contributed by atoms with E-state index in [1.54, 1.807) is 18.2 Å². The molecule has 2 saturated heterocycles. The number of hydrogen-bond acceptors (Lipinski definition) is 8. The Bertz CT molecular complexity index is 1640. The van der Waals surface area contributed by atoms with Gasteiger partial charge in [0, 0.05) is 55.7 Å². The average Bonchev–Trinajstić information content (AvgIpc) is 3.49. The number of methoxy groups -OCH3 is 3. The third-order valence-corrected chi connectivity index (χ3v) is 8.73. The predicted octanol–water partition coefficient (Wildman–Crippen LogP) is 5.65. The van der Waals surface area contributed by atoms with Crippen LogP contribution in [0, 0.1) is 5.92 Å². The summed E-state index contributed by atoms with van der Waals surface area (Å²) in [5.74, 6) is 1.10. The van der Waals surface area contributed by atoms with E-state index in [-0.39, 0.29) is 30.1 Å². The van der Waals surface area contributed by atoms with Gasteiger partial charge in [0.15, 0.2) is 6.29 Å².